The van der Waals surface area contributed by atoms with Crippen molar-refractivity contribution in [2.24, 2.45) is 0 Å². The van der Waals surface area contributed by atoms with Crippen LogP contribution in [-0.4, -0.2) is 11.5 Å². The third kappa shape index (κ3) is 3.15. The maximum absolute atomic E-state index is 8.94. The van der Waals surface area contributed by atoms with E-state index >= 15 is 0 Å². The van der Waals surface area contributed by atoms with Gasteiger partial charge in [0.15, 0.2) is 0 Å². The summed E-state index contributed by atoms with van der Waals surface area (Å²) in [5.41, 5.74) is 0.936. The second-order valence-corrected chi connectivity index (χ2v) is 3.16. The Kier molecular flexibility index (Phi) is 4.66. The highest BCUT2D eigenvalue weighted by Gasteiger charge is 2.07. The van der Waals surface area contributed by atoms with E-state index in [1.807, 2.05) is 12.1 Å². The largest absolute Gasteiger partial charge is 0.298 e. The lowest BCUT2D eigenvalue weighted by Crippen LogP contribution is -2.21. The summed E-state index contributed by atoms with van der Waals surface area (Å²) in [6.45, 7) is 3.01. The van der Waals surface area contributed by atoms with E-state index in [0.717, 1.165) is 24.9 Å². The molecular formula is C11H15N3. The number of nitrogens with zero attached hydrogens (tertiary/aromatic N) is 2. The van der Waals surface area contributed by atoms with E-state index in [-0.39, 0.29) is 6.04 Å². The van der Waals surface area contributed by atoms with Crippen molar-refractivity contribution in [2.45, 2.75) is 25.8 Å². The molecule has 1 aromatic rings. The van der Waals surface area contributed by atoms with Crippen molar-refractivity contribution in [3.05, 3.63) is 30.1 Å². The molecule has 1 atom stereocenters. The monoisotopic (exact) mass is 189 g/mol. The van der Waals surface area contributed by atoms with Crippen LogP contribution in [0, 0.1) is 11.3 Å². The van der Waals surface area contributed by atoms with Crippen LogP contribution >= 0.6 is 0 Å². The van der Waals surface area contributed by atoms with Gasteiger partial charge >= 0.3 is 0 Å². The standard InChI is InChI=1S/C11H15N3/c1-2-3-7-14-11(8-12)10-5-4-6-13-9-10/h4-6,9,11,14H,2-3,7H2,1H3. The van der Waals surface area contributed by atoms with Gasteiger partial charge in [-0.3, -0.25) is 10.3 Å². The minimum atomic E-state index is -0.227. The SMILES string of the molecule is CCCCNC(C#N)c1cccnc1. The number of pyridine rings is 1. The Labute approximate surface area is 84.8 Å². The molecule has 3 heteroatoms. The summed E-state index contributed by atoms with van der Waals surface area (Å²) in [5.74, 6) is 0. The first kappa shape index (κ1) is 10.7. The van der Waals surface area contributed by atoms with Crippen molar-refractivity contribution in [3.63, 3.8) is 0 Å². The van der Waals surface area contributed by atoms with Gasteiger partial charge in [-0.25, -0.2) is 0 Å². The molecule has 0 aliphatic rings. The number of nitrogens with one attached hydrogen (secondary N) is 1. The van der Waals surface area contributed by atoms with Gasteiger partial charge in [0.1, 0.15) is 6.04 Å². The Morgan fingerprint density at radius 3 is 3.07 bits per heavy atom. The van der Waals surface area contributed by atoms with Gasteiger partial charge in [-0.15, -0.1) is 0 Å². The molecule has 1 aromatic heterocycles. The highest BCUT2D eigenvalue weighted by Crippen LogP contribution is 2.09. The van der Waals surface area contributed by atoms with Crippen molar-refractivity contribution in [2.75, 3.05) is 6.54 Å². The summed E-state index contributed by atoms with van der Waals surface area (Å²) in [7, 11) is 0. The molecule has 0 saturated heterocycles. The fourth-order valence-electron chi connectivity index (χ4n) is 1.21. The van der Waals surface area contributed by atoms with Crippen molar-refractivity contribution in [1.82, 2.24) is 10.3 Å². The van der Waals surface area contributed by atoms with E-state index in [1.165, 1.54) is 0 Å². The molecule has 1 heterocycles. The quantitative estimate of drug-likeness (QED) is 0.721. The molecule has 0 bridgehead atoms. The topological polar surface area (TPSA) is 48.7 Å². The van der Waals surface area contributed by atoms with Crippen LogP contribution in [0.3, 0.4) is 0 Å². The smallest absolute Gasteiger partial charge is 0.122 e. The van der Waals surface area contributed by atoms with Gasteiger partial charge in [0.05, 0.1) is 6.07 Å². The summed E-state index contributed by atoms with van der Waals surface area (Å²) >= 11 is 0. The Morgan fingerprint density at radius 1 is 1.64 bits per heavy atom. The second kappa shape index (κ2) is 6.11. The van der Waals surface area contributed by atoms with E-state index in [9.17, 15) is 0 Å². The Bertz CT molecular complexity index is 289. The number of rotatable bonds is 5. The Morgan fingerprint density at radius 2 is 2.50 bits per heavy atom. The zero-order valence-electron chi connectivity index (χ0n) is 8.40. The van der Waals surface area contributed by atoms with Crippen LogP contribution in [-0.2, 0) is 0 Å². The van der Waals surface area contributed by atoms with Gasteiger partial charge < -0.3 is 0 Å². The highest BCUT2D eigenvalue weighted by molar-refractivity contribution is 5.19. The number of hydrogen-bond acceptors (Lipinski definition) is 3. The molecule has 0 aliphatic heterocycles. The van der Waals surface area contributed by atoms with Crippen LogP contribution < -0.4 is 5.32 Å². The maximum atomic E-state index is 8.94. The molecule has 0 fully saturated rings. The van der Waals surface area contributed by atoms with Gasteiger partial charge in [0.2, 0.25) is 0 Å². The molecule has 14 heavy (non-hydrogen) atoms. The van der Waals surface area contributed by atoms with E-state index in [1.54, 1.807) is 12.4 Å². The van der Waals surface area contributed by atoms with Gasteiger partial charge in [-0.1, -0.05) is 19.4 Å². The molecule has 3 nitrogen and oxygen atoms in total. The fourth-order valence-corrected chi connectivity index (χ4v) is 1.21. The maximum Gasteiger partial charge on any atom is 0.122 e. The van der Waals surface area contributed by atoms with Crippen molar-refractivity contribution >= 4 is 0 Å². The van der Waals surface area contributed by atoms with E-state index in [4.69, 9.17) is 5.26 Å². The predicted molar refractivity (Wildman–Crippen MR) is 55.5 cm³/mol. The third-order valence-corrected chi connectivity index (χ3v) is 2.03. The minimum absolute atomic E-state index is 0.227. The average molecular weight is 189 g/mol. The molecule has 1 N–H and O–H groups in total. The molecule has 0 radical (unpaired) electrons. The molecule has 0 amide bonds. The van der Waals surface area contributed by atoms with Crippen molar-refractivity contribution in [1.29, 1.82) is 5.26 Å². The highest BCUT2D eigenvalue weighted by atomic mass is 14.9. The van der Waals surface area contributed by atoms with Crippen molar-refractivity contribution in [3.8, 4) is 6.07 Å². The van der Waals surface area contributed by atoms with Crippen LogP contribution in [0.5, 0.6) is 0 Å². The molecule has 1 rings (SSSR count). The fraction of sp³-hybridized carbons (Fsp3) is 0.455. The van der Waals surface area contributed by atoms with Gasteiger partial charge in [0.25, 0.3) is 0 Å². The predicted octanol–water partition coefficient (Wildman–Crippen LogP) is 2.04. The summed E-state index contributed by atoms with van der Waals surface area (Å²) in [5, 5.41) is 12.1. The molecule has 74 valence electrons. The zero-order chi connectivity index (χ0) is 10.2. The summed E-state index contributed by atoms with van der Waals surface area (Å²) in [6.07, 6.45) is 5.67. The molecule has 1 unspecified atom stereocenters. The van der Waals surface area contributed by atoms with Crippen LogP contribution in [0.15, 0.2) is 24.5 Å². The first-order valence-corrected chi connectivity index (χ1v) is 4.91. The van der Waals surface area contributed by atoms with Gasteiger partial charge in [0, 0.05) is 18.0 Å². The third-order valence-electron chi connectivity index (χ3n) is 2.03. The Hall–Kier alpha value is -1.40. The lowest BCUT2D eigenvalue weighted by Gasteiger charge is -2.10. The lowest BCUT2D eigenvalue weighted by molar-refractivity contribution is 0.596. The summed E-state index contributed by atoms with van der Waals surface area (Å²) in [4.78, 5) is 3.99. The van der Waals surface area contributed by atoms with Gasteiger partial charge in [-0.2, -0.15) is 5.26 Å². The Balaban J connectivity index is 2.52. The molecule has 0 aromatic carbocycles. The number of hydrogen-bond donors (Lipinski definition) is 1. The second-order valence-electron chi connectivity index (χ2n) is 3.16. The van der Waals surface area contributed by atoms with E-state index in [2.05, 4.69) is 23.3 Å². The van der Waals surface area contributed by atoms with Crippen LogP contribution in [0.1, 0.15) is 31.4 Å². The molecular weight excluding hydrogens is 174 g/mol. The van der Waals surface area contributed by atoms with Crippen molar-refractivity contribution < 1.29 is 0 Å². The van der Waals surface area contributed by atoms with Crippen LogP contribution in [0.2, 0.25) is 0 Å². The summed E-state index contributed by atoms with van der Waals surface area (Å²) in [6, 6.07) is 5.76. The van der Waals surface area contributed by atoms with E-state index < -0.39 is 0 Å². The van der Waals surface area contributed by atoms with Crippen LogP contribution in [0.4, 0.5) is 0 Å². The molecule has 0 spiro atoms. The van der Waals surface area contributed by atoms with E-state index in [0.29, 0.717) is 0 Å². The van der Waals surface area contributed by atoms with Crippen LogP contribution in [0.25, 0.3) is 0 Å². The number of aromatic nitrogens is 1. The first-order chi connectivity index (χ1) is 6.88. The molecule has 0 aliphatic carbocycles. The summed E-state index contributed by atoms with van der Waals surface area (Å²) < 4.78 is 0. The molecule has 0 saturated carbocycles. The first-order valence-electron chi connectivity index (χ1n) is 4.91. The normalized spacial score (nSPS) is 12.0. The minimum Gasteiger partial charge on any atom is -0.298 e. The van der Waals surface area contributed by atoms with Gasteiger partial charge in [-0.05, 0) is 19.0 Å². The number of nitriles is 1. The average Bonchev–Trinajstić information content (AvgIpc) is 2.26. The number of unbranched alkanes of at least 4 members (excludes halogenated alkanes) is 1. The lowest BCUT2D eigenvalue weighted by atomic mass is 10.1. The zero-order valence-corrected chi connectivity index (χ0v) is 8.40.